The van der Waals surface area contributed by atoms with Gasteiger partial charge in [0.1, 0.15) is 11.5 Å². The molecule has 0 aliphatic heterocycles. The Balaban J connectivity index is 2.15. The second-order valence-corrected chi connectivity index (χ2v) is 5.47. The molecule has 2 nitrogen and oxygen atoms in total. The van der Waals surface area contributed by atoms with Crippen LogP contribution in [-0.2, 0) is 0 Å². The van der Waals surface area contributed by atoms with Crippen molar-refractivity contribution in [3.05, 3.63) is 72.7 Å². The topological polar surface area (TPSA) is 18.5 Å². The predicted octanol–water partition coefficient (Wildman–Crippen LogP) is 6.67. The summed E-state index contributed by atoms with van der Waals surface area (Å²) < 4.78 is 82.4. The first-order valence-electron chi connectivity index (χ1n) is 6.50. The maximum absolute atomic E-state index is 12.8. The Labute approximate surface area is 142 Å². The minimum Gasteiger partial charge on any atom is -0.428 e. The second kappa shape index (κ2) is 8.52. The third kappa shape index (κ3) is 5.79. The summed E-state index contributed by atoms with van der Waals surface area (Å²) in [5.41, 5.74) is 0. The van der Waals surface area contributed by atoms with Crippen molar-refractivity contribution in [2.24, 2.45) is 0 Å². The Morgan fingerprint density at radius 1 is 0.640 bits per heavy atom. The van der Waals surface area contributed by atoms with Gasteiger partial charge in [-0.3, -0.25) is 0 Å². The van der Waals surface area contributed by atoms with Gasteiger partial charge in [0.2, 0.25) is 0 Å². The summed E-state index contributed by atoms with van der Waals surface area (Å²) in [6, 6.07) is 7.18. The third-order valence-corrected chi connectivity index (χ3v) is 3.54. The number of hydrogen-bond donors (Lipinski definition) is 0. The SMILES string of the molecule is FC(F)=C(F)Oc1cccc(Sc2cccc(OC(F)=C(F)F)c2)c1. The van der Waals surface area contributed by atoms with Gasteiger partial charge in [0, 0.05) is 9.79 Å². The van der Waals surface area contributed by atoms with Crippen LogP contribution < -0.4 is 9.47 Å². The quantitative estimate of drug-likeness (QED) is 0.413. The summed E-state index contributed by atoms with van der Waals surface area (Å²) in [5.74, 6) is -0.313. The van der Waals surface area contributed by atoms with Gasteiger partial charge in [-0.05, 0) is 36.4 Å². The van der Waals surface area contributed by atoms with E-state index in [1.165, 1.54) is 36.4 Å². The van der Waals surface area contributed by atoms with Crippen LogP contribution in [0.2, 0.25) is 0 Å². The zero-order valence-corrected chi connectivity index (χ0v) is 12.9. The second-order valence-electron chi connectivity index (χ2n) is 4.32. The van der Waals surface area contributed by atoms with Crippen LogP contribution in [0.4, 0.5) is 26.3 Å². The summed E-state index contributed by atoms with van der Waals surface area (Å²) in [6.07, 6.45) is -5.17. The van der Waals surface area contributed by atoms with Crippen LogP contribution in [0.15, 0.2) is 82.5 Å². The molecule has 0 unspecified atom stereocenters. The van der Waals surface area contributed by atoms with E-state index in [2.05, 4.69) is 9.47 Å². The van der Waals surface area contributed by atoms with E-state index in [-0.39, 0.29) is 11.5 Å². The highest BCUT2D eigenvalue weighted by molar-refractivity contribution is 7.99. The molecule has 0 N–H and O–H groups in total. The van der Waals surface area contributed by atoms with Gasteiger partial charge in [0.15, 0.2) is 0 Å². The Morgan fingerprint density at radius 3 is 1.40 bits per heavy atom. The maximum atomic E-state index is 12.8. The predicted molar refractivity (Wildman–Crippen MR) is 79.0 cm³/mol. The van der Waals surface area contributed by atoms with Crippen LogP contribution >= 0.6 is 11.8 Å². The van der Waals surface area contributed by atoms with Crippen LogP contribution in [-0.4, -0.2) is 0 Å². The molecule has 0 heterocycles. The number of rotatable bonds is 6. The van der Waals surface area contributed by atoms with Crippen molar-refractivity contribution in [3.8, 4) is 11.5 Å². The van der Waals surface area contributed by atoms with Crippen LogP contribution in [0.3, 0.4) is 0 Å². The van der Waals surface area contributed by atoms with E-state index in [1.807, 2.05) is 0 Å². The molecule has 0 amide bonds. The van der Waals surface area contributed by atoms with E-state index in [4.69, 9.17) is 0 Å². The molecule has 0 aliphatic carbocycles. The highest BCUT2D eigenvalue weighted by Gasteiger charge is 2.10. The first kappa shape index (κ1) is 18.8. The lowest BCUT2D eigenvalue weighted by molar-refractivity contribution is 0.241. The molecule has 0 radical (unpaired) electrons. The van der Waals surface area contributed by atoms with Crippen LogP contribution in [0.5, 0.6) is 11.5 Å². The van der Waals surface area contributed by atoms with Crippen LogP contribution in [0.25, 0.3) is 0 Å². The Morgan fingerprint density at radius 2 is 1.04 bits per heavy atom. The van der Waals surface area contributed by atoms with Gasteiger partial charge < -0.3 is 9.47 Å². The van der Waals surface area contributed by atoms with Gasteiger partial charge in [0.05, 0.1) is 0 Å². The van der Waals surface area contributed by atoms with E-state index in [9.17, 15) is 26.3 Å². The van der Waals surface area contributed by atoms with Gasteiger partial charge in [-0.2, -0.15) is 26.3 Å². The first-order chi connectivity index (χ1) is 11.8. The van der Waals surface area contributed by atoms with Crippen molar-refractivity contribution < 1.29 is 35.8 Å². The lowest BCUT2D eigenvalue weighted by Crippen LogP contribution is -1.91. The largest absolute Gasteiger partial charge is 0.428 e. The van der Waals surface area contributed by atoms with Crippen LogP contribution in [0, 0.1) is 0 Å². The van der Waals surface area contributed by atoms with E-state index in [0.29, 0.717) is 9.79 Å². The van der Waals surface area contributed by atoms with Gasteiger partial charge in [-0.15, -0.1) is 0 Å². The van der Waals surface area contributed by atoms with E-state index >= 15 is 0 Å². The highest BCUT2D eigenvalue weighted by Crippen LogP contribution is 2.33. The van der Waals surface area contributed by atoms with Crippen molar-refractivity contribution in [2.75, 3.05) is 0 Å². The fourth-order valence-corrected chi connectivity index (χ4v) is 2.54. The molecule has 2 rings (SSSR count). The van der Waals surface area contributed by atoms with Crippen molar-refractivity contribution >= 4 is 11.8 Å². The Hall–Kier alpha value is -2.55. The minimum atomic E-state index is -2.59. The normalized spacial score (nSPS) is 10.2. The molecule has 25 heavy (non-hydrogen) atoms. The smallest absolute Gasteiger partial charge is 0.344 e. The van der Waals surface area contributed by atoms with Crippen molar-refractivity contribution in [1.82, 2.24) is 0 Å². The zero-order chi connectivity index (χ0) is 18.4. The van der Waals surface area contributed by atoms with Crippen molar-refractivity contribution in [3.63, 3.8) is 0 Å². The summed E-state index contributed by atoms with van der Waals surface area (Å²) in [7, 11) is 0. The van der Waals surface area contributed by atoms with E-state index in [0.717, 1.165) is 11.8 Å². The standard InChI is InChI=1S/C16H8F6O2S/c17-13(18)15(21)23-9-3-1-5-11(7-9)25-12-6-2-4-10(8-12)24-16(22)14(19)20/h1-8H. The third-order valence-electron chi connectivity index (χ3n) is 2.56. The Bertz CT molecular complexity index is 746. The summed E-state index contributed by atoms with van der Waals surface area (Å²) in [4.78, 5) is 0.962. The zero-order valence-electron chi connectivity index (χ0n) is 12.1. The molecule has 2 aromatic carbocycles. The van der Waals surface area contributed by atoms with Crippen molar-refractivity contribution in [2.45, 2.75) is 9.79 Å². The average molecular weight is 378 g/mol. The number of ether oxygens (including phenoxy) is 2. The lowest BCUT2D eigenvalue weighted by atomic mass is 10.3. The van der Waals surface area contributed by atoms with Gasteiger partial charge in [-0.25, -0.2) is 0 Å². The lowest BCUT2D eigenvalue weighted by Gasteiger charge is -2.07. The van der Waals surface area contributed by atoms with Crippen molar-refractivity contribution in [1.29, 1.82) is 0 Å². The number of benzene rings is 2. The summed E-state index contributed by atoms with van der Waals surface area (Å²) >= 11 is 1.07. The molecular weight excluding hydrogens is 370 g/mol. The number of hydrogen-bond acceptors (Lipinski definition) is 3. The highest BCUT2D eigenvalue weighted by atomic mass is 32.2. The van der Waals surface area contributed by atoms with E-state index in [1.54, 1.807) is 12.1 Å². The molecule has 0 atom stereocenters. The maximum Gasteiger partial charge on any atom is 0.344 e. The van der Waals surface area contributed by atoms with E-state index < -0.39 is 24.2 Å². The fraction of sp³-hybridized carbons (Fsp3) is 0. The molecule has 0 aliphatic rings. The summed E-state index contributed by atoms with van der Waals surface area (Å²) in [5, 5.41) is 0. The molecule has 132 valence electrons. The molecule has 0 aromatic heterocycles. The summed E-state index contributed by atoms with van der Waals surface area (Å²) in [6.45, 7) is 0. The molecule has 0 bridgehead atoms. The minimum absolute atomic E-state index is 0.156. The fourth-order valence-electron chi connectivity index (χ4n) is 1.62. The van der Waals surface area contributed by atoms with Gasteiger partial charge in [-0.1, -0.05) is 23.9 Å². The molecule has 0 spiro atoms. The number of halogens is 6. The van der Waals surface area contributed by atoms with Crippen LogP contribution in [0.1, 0.15) is 0 Å². The molecule has 0 saturated carbocycles. The average Bonchev–Trinajstić information content (AvgIpc) is 2.55. The first-order valence-corrected chi connectivity index (χ1v) is 7.32. The monoisotopic (exact) mass is 378 g/mol. The molecule has 0 fully saturated rings. The Kier molecular flexibility index (Phi) is 6.40. The molecule has 2 aromatic rings. The molecule has 0 saturated heterocycles. The van der Waals surface area contributed by atoms with Gasteiger partial charge >= 0.3 is 24.2 Å². The van der Waals surface area contributed by atoms with Gasteiger partial charge in [0.25, 0.3) is 0 Å². The molecular formula is C16H8F6O2S. The molecule has 9 heteroatoms.